The number of amides is 1. The van der Waals surface area contributed by atoms with Gasteiger partial charge in [-0.1, -0.05) is 6.07 Å². The second-order valence-corrected chi connectivity index (χ2v) is 8.03. The molecule has 9 heteroatoms. The molecule has 0 bridgehead atoms. The lowest BCUT2D eigenvalue weighted by molar-refractivity contribution is -0.116. The van der Waals surface area contributed by atoms with Gasteiger partial charge in [-0.25, -0.2) is 8.42 Å². The third-order valence-electron chi connectivity index (χ3n) is 3.21. The molecule has 1 aromatic heterocycles. The second kappa shape index (κ2) is 7.65. The van der Waals surface area contributed by atoms with Gasteiger partial charge >= 0.3 is 0 Å². The summed E-state index contributed by atoms with van der Waals surface area (Å²) in [6, 6.07) is 8.07. The summed E-state index contributed by atoms with van der Waals surface area (Å²) in [5.74, 6) is 0.537. The van der Waals surface area contributed by atoms with Crippen LogP contribution in [-0.2, 0) is 14.8 Å². The molecule has 0 fully saturated rings. The average Bonchev–Trinajstić information content (AvgIpc) is 3.10. The van der Waals surface area contributed by atoms with Crippen molar-refractivity contribution in [3.63, 3.8) is 0 Å². The fourth-order valence-electron chi connectivity index (χ4n) is 1.94. The topological polar surface area (TPSA) is 84.9 Å². The predicted octanol–water partition coefficient (Wildman–Crippen LogP) is 2.02. The van der Waals surface area contributed by atoms with Crippen LogP contribution in [0, 0.1) is 0 Å². The van der Waals surface area contributed by atoms with E-state index in [4.69, 9.17) is 9.47 Å². The molecule has 0 aliphatic carbocycles. The van der Waals surface area contributed by atoms with E-state index in [0.717, 1.165) is 15.6 Å². The molecule has 2 rings (SSSR count). The Hall–Kier alpha value is -2.10. The summed E-state index contributed by atoms with van der Waals surface area (Å²) >= 11 is 1.10. The van der Waals surface area contributed by atoms with Crippen molar-refractivity contribution in [3.05, 3.63) is 35.7 Å². The summed E-state index contributed by atoms with van der Waals surface area (Å²) in [6.45, 7) is -0.310. The van der Waals surface area contributed by atoms with E-state index in [1.165, 1.54) is 27.3 Å². The number of hydrogen-bond acceptors (Lipinski definition) is 6. The maximum Gasteiger partial charge on any atom is 0.252 e. The third-order valence-corrected chi connectivity index (χ3v) is 6.39. The Kier molecular flexibility index (Phi) is 5.81. The van der Waals surface area contributed by atoms with Gasteiger partial charge in [0.2, 0.25) is 5.91 Å². The minimum Gasteiger partial charge on any atom is -0.497 e. The predicted molar refractivity (Wildman–Crippen MR) is 92.3 cm³/mol. The lowest BCUT2D eigenvalue weighted by Crippen LogP contribution is -2.34. The molecule has 130 valence electrons. The summed E-state index contributed by atoms with van der Waals surface area (Å²) in [7, 11) is 0.687. The summed E-state index contributed by atoms with van der Waals surface area (Å²) < 4.78 is 36.1. The molecule has 1 aromatic carbocycles. The van der Waals surface area contributed by atoms with Crippen molar-refractivity contribution in [2.24, 2.45) is 0 Å². The molecule has 1 amide bonds. The van der Waals surface area contributed by atoms with E-state index in [9.17, 15) is 13.2 Å². The number of ether oxygens (including phenoxy) is 2. The van der Waals surface area contributed by atoms with E-state index in [1.54, 1.807) is 29.6 Å². The summed E-state index contributed by atoms with van der Waals surface area (Å²) in [5, 5.41) is 4.31. The number of sulfonamides is 1. The van der Waals surface area contributed by atoms with Gasteiger partial charge in [-0.05, 0) is 23.6 Å². The van der Waals surface area contributed by atoms with Crippen molar-refractivity contribution >= 4 is 33.0 Å². The fraction of sp³-hybridized carbons (Fsp3) is 0.267. The first-order chi connectivity index (χ1) is 11.4. The normalized spacial score (nSPS) is 11.3. The van der Waals surface area contributed by atoms with Crippen LogP contribution in [0.5, 0.6) is 11.5 Å². The van der Waals surface area contributed by atoms with E-state index in [0.29, 0.717) is 17.2 Å². The number of methoxy groups -OCH3 is 2. The average molecular weight is 370 g/mol. The summed E-state index contributed by atoms with van der Waals surface area (Å²) in [4.78, 5) is 12.2. The molecule has 0 radical (unpaired) electrons. The smallest absolute Gasteiger partial charge is 0.252 e. The number of anilines is 1. The van der Waals surface area contributed by atoms with Crippen LogP contribution in [0.4, 0.5) is 5.69 Å². The maximum absolute atomic E-state index is 12.3. The number of rotatable bonds is 7. The number of carbonyl (C=O) groups excluding carboxylic acids is 1. The van der Waals surface area contributed by atoms with Gasteiger partial charge < -0.3 is 14.8 Å². The first-order valence-corrected chi connectivity index (χ1v) is 9.22. The van der Waals surface area contributed by atoms with Gasteiger partial charge in [0.15, 0.2) is 0 Å². The second-order valence-electron chi connectivity index (χ2n) is 4.81. The third kappa shape index (κ3) is 4.05. The maximum atomic E-state index is 12.3. The number of benzene rings is 1. The lowest BCUT2D eigenvalue weighted by atomic mass is 10.2. The van der Waals surface area contributed by atoms with Gasteiger partial charge in [-0.2, -0.15) is 4.31 Å². The van der Waals surface area contributed by atoms with Crippen LogP contribution in [0.2, 0.25) is 0 Å². The summed E-state index contributed by atoms with van der Waals surface area (Å²) in [6.07, 6.45) is 0. The Morgan fingerprint density at radius 2 is 2.00 bits per heavy atom. The minimum atomic E-state index is -3.67. The van der Waals surface area contributed by atoms with E-state index in [1.807, 2.05) is 0 Å². The zero-order chi connectivity index (χ0) is 17.7. The van der Waals surface area contributed by atoms with E-state index in [2.05, 4.69) is 5.32 Å². The first-order valence-electron chi connectivity index (χ1n) is 6.90. The van der Waals surface area contributed by atoms with Gasteiger partial charge in [0.25, 0.3) is 10.0 Å². The zero-order valence-electron chi connectivity index (χ0n) is 13.5. The summed E-state index contributed by atoms with van der Waals surface area (Å²) in [5.41, 5.74) is 0.435. The standard InChI is InChI=1S/C15H18N2O5S2/c1-17(24(19,20)15-5-4-8-23-15)10-14(18)16-12-7-6-11(21-2)9-13(12)22-3/h4-9H,10H2,1-3H3,(H,16,18). The van der Waals surface area contributed by atoms with Gasteiger partial charge in [-0.3, -0.25) is 4.79 Å². The lowest BCUT2D eigenvalue weighted by Gasteiger charge is -2.16. The van der Waals surface area contributed by atoms with Crippen molar-refractivity contribution < 1.29 is 22.7 Å². The molecule has 2 aromatic rings. The van der Waals surface area contributed by atoms with Crippen LogP contribution in [-0.4, -0.2) is 46.4 Å². The Labute approximate surface area is 144 Å². The quantitative estimate of drug-likeness (QED) is 0.806. The molecule has 0 spiro atoms. The number of nitrogens with zero attached hydrogens (tertiary/aromatic N) is 1. The number of nitrogens with one attached hydrogen (secondary N) is 1. The Bertz CT molecular complexity index is 803. The van der Waals surface area contributed by atoms with Gasteiger partial charge in [0, 0.05) is 13.1 Å². The largest absolute Gasteiger partial charge is 0.497 e. The minimum absolute atomic E-state index is 0.194. The number of carbonyl (C=O) groups is 1. The molecule has 24 heavy (non-hydrogen) atoms. The Balaban J connectivity index is 2.08. The Morgan fingerprint density at radius 3 is 2.58 bits per heavy atom. The fourth-order valence-corrected chi connectivity index (χ4v) is 4.27. The van der Waals surface area contributed by atoms with E-state index >= 15 is 0 Å². The molecule has 7 nitrogen and oxygen atoms in total. The number of thiophene rings is 1. The molecule has 0 unspecified atom stereocenters. The monoisotopic (exact) mass is 370 g/mol. The molecule has 1 N–H and O–H groups in total. The van der Waals surface area contributed by atoms with Crippen molar-refractivity contribution in [1.29, 1.82) is 0 Å². The van der Waals surface area contributed by atoms with Crippen molar-refractivity contribution in [2.45, 2.75) is 4.21 Å². The van der Waals surface area contributed by atoms with Crippen molar-refractivity contribution in [2.75, 3.05) is 33.1 Å². The van der Waals surface area contributed by atoms with Crippen molar-refractivity contribution in [3.8, 4) is 11.5 Å². The molecule has 1 heterocycles. The Morgan fingerprint density at radius 1 is 1.25 bits per heavy atom. The molecule has 0 aliphatic heterocycles. The van der Waals surface area contributed by atoms with Gasteiger partial charge in [-0.15, -0.1) is 11.3 Å². The van der Waals surface area contributed by atoms with Crippen LogP contribution in [0.15, 0.2) is 39.9 Å². The van der Waals surface area contributed by atoms with Crippen LogP contribution in [0.25, 0.3) is 0 Å². The van der Waals surface area contributed by atoms with Gasteiger partial charge in [0.05, 0.1) is 26.5 Å². The van der Waals surface area contributed by atoms with Crippen LogP contribution in [0.3, 0.4) is 0 Å². The molecular weight excluding hydrogens is 352 g/mol. The SMILES string of the molecule is COc1ccc(NC(=O)CN(C)S(=O)(=O)c2cccs2)c(OC)c1. The highest BCUT2D eigenvalue weighted by atomic mass is 32.2. The van der Waals surface area contributed by atoms with Crippen molar-refractivity contribution in [1.82, 2.24) is 4.31 Å². The highest BCUT2D eigenvalue weighted by molar-refractivity contribution is 7.91. The first kappa shape index (κ1) is 18.2. The van der Waals surface area contributed by atoms with E-state index < -0.39 is 15.9 Å². The molecule has 0 aliphatic rings. The van der Waals surface area contributed by atoms with Crippen LogP contribution >= 0.6 is 11.3 Å². The molecule has 0 saturated heterocycles. The van der Waals surface area contributed by atoms with E-state index in [-0.39, 0.29) is 10.8 Å². The molecular formula is C15H18N2O5S2. The number of hydrogen-bond donors (Lipinski definition) is 1. The molecule has 0 atom stereocenters. The van der Waals surface area contributed by atoms with Gasteiger partial charge in [0.1, 0.15) is 15.7 Å². The number of likely N-dealkylation sites (N-methyl/N-ethyl adjacent to an activating group) is 1. The van der Waals surface area contributed by atoms with Crippen LogP contribution < -0.4 is 14.8 Å². The zero-order valence-corrected chi connectivity index (χ0v) is 15.1. The molecule has 0 saturated carbocycles. The van der Waals surface area contributed by atoms with Crippen LogP contribution in [0.1, 0.15) is 0 Å². The highest BCUT2D eigenvalue weighted by Gasteiger charge is 2.24. The highest BCUT2D eigenvalue weighted by Crippen LogP contribution is 2.29.